The van der Waals surface area contributed by atoms with Crippen molar-refractivity contribution in [3.05, 3.63) is 48.5 Å². The number of ether oxygens (including phenoxy) is 3. The summed E-state index contributed by atoms with van der Waals surface area (Å²) in [7, 11) is 3.32. The van der Waals surface area contributed by atoms with Gasteiger partial charge in [0.25, 0.3) is 0 Å². The maximum atomic E-state index is 5.82. The lowest BCUT2D eigenvalue weighted by molar-refractivity contribution is 0.155. The third-order valence-corrected chi connectivity index (χ3v) is 5.10. The van der Waals surface area contributed by atoms with E-state index in [9.17, 15) is 0 Å². The molecule has 0 unspecified atom stereocenters. The van der Waals surface area contributed by atoms with Crippen molar-refractivity contribution in [2.75, 3.05) is 58.9 Å². The second kappa shape index (κ2) is 10.1. The number of nitrogens with zero attached hydrogens (tertiary/aromatic N) is 2. The number of methoxy groups -OCH3 is 2. The zero-order valence-electron chi connectivity index (χ0n) is 16.4. The van der Waals surface area contributed by atoms with Gasteiger partial charge in [-0.3, -0.25) is 4.90 Å². The van der Waals surface area contributed by atoms with Gasteiger partial charge in [0.05, 0.1) is 14.2 Å². The second-order valence-electron chi connectivity index (χ2n) is 6.51. The molecule has 1 N–H and O–H groups in total. The van der Waals surface area contributed by atoms with Gasteiger partial charge in [0, 0.05) is 38.4 Å². The van der Waals surface area contributed by atoms with Crippen molar-refractivity contribution in [1.82, 2.24) is 9.80 Å². The highest BCUT2D eigenvalue weighted by Gasteiger charge is 2.18. The van der Waals surface area contributed by atoms with Gasteiger partial charge < -0.3 is 24.4 Å². The van der Waals surface area contributed by atoms with E-state index in [1.165, 1.54) is 0 Å². The summed E-state index contributed by atoms with van der Waals surface area (Å²) in [5.74, 6) is 2.54. The molecule has 1 heterocycles. The average molecular weight is 402 g/mol. The summed E-state index contributed by atoms with van der Waals surface area (Å²) in [6.45, 7) is 5.32. The maximum absolute atomic E-state index is 5.82. The van der Waals surface area contributed by atoms with Crippen molar-refractivity contribution in [3.8, 4) is 17.2 Å². The standard InChI is InChI=1S/C21H27N3O3S/c1-25-18-5-3-17(4-6-18)22-21(28)24-13-11-23(12-14-24)15-16-27-20-9-7-19(26-2)8-10-20/h3-10H,11-16H2,1-2H3,(H,22,28). The molecule has 2 aromatic rings. The van der Waals surface area contributed by atoms with Crippen LogP contribution in [-0.2, 0) is 0 Å². The van der Waals surface area contributed by atoms with Gasteiger partial charge in [-0.05, 0) is 60.7 Å². The quantitative estimate of drug-likeness (QED) is 0.716. The van der Waals surface area contributed by atoms with E-state index in [0.29, 0.717) is 6.61 Å². The van der Waals surface area contributed by atoms with Crippen LogP contribution < -0.4 is 19.5 Å². The van der Waals surface area contributed by atoms with Gasteiger partial charge >= 0.3 is 0 Å². The third-order valence-electron chi connectivity index (χ3n) is 4.74. The number of nitrogens with one attached hydrogen (secondary N) is 1. The highest BCUT2D eigenvalue weighted by molar-refractivity contribution is 7.80. The maximum Gasteiger partial charge on any atom is 0.173 e. The van der Waals surface area contributed by atoms with E-state index in [1.54, 1.807) is 14.2 Å². The van der Waals surface area contributed by atoms with Gasteiger partial charge in [-0.2, -0.15) is 0 Å². The van der Waals surface area contributed by atoms with E-state index < -0.39 is 0 Å². The highest BCUT2D eigenvalue weighted by atomic mass is 32.1. The SMILES string of the molecule is COc1ccc(NC(=S)N2CCN(CCOc3ccc(OC)cc3)CC2)cc1. The fraction of sp³-hybridized carbons (Fsp3) is 0.381. The van der Waals surface area contributed by atoms with E-state index in [4.69, 9.17) is 26.4 Å². The Labute approximate surface area is 172 Å². The molecule has 7 heteroatoms. The number of benzene rings is 2. The molecule has 150 valence electrons. The molecule has 1 saturated heterocycles. The van der Waals surface area contributed by atoms with Gasteiger partial charge in [-0.25, -0.2) is 0 Å². The van der Waals surface area contributed by atoms with Crippen molar-refractivity contribution in [2.45, 2.75) is 0 Å². The highest BCUT2D eigenvalue weighted by Crippen LogP contribution is 2.17. The monoisotopic (exact) mass is 401 g/mol. The summed E-state index contributed by atoms with van der Waals surface area (Å²) in [4.78, 5) is 4.61. The minimum Gasteiger partial charge on any atom is -0.497 e. The summed E-state index contributed by atoms with van der Waals surface area (Å²) < 4.78 is 16.2. The molecule has 1 aliphatic rings. The van der Waals surface area contributed by atoms with Crippen molar-refractivity contribution >= 4 is 23.0 Å². The van der Waals surface area contributed by atoms with Crippen molar-refractivity contribution in [3.63, 3.8) is 0 Å². The van der Waals surface area contributed by atoms with Crippen LogP contribution >= 0.6 is 12.2 Å². The van der Waals surface area contributed by atoms with Crippen LogP contribution in [0.1, 0.15) is 0 Å². The number of piperazine rings is 1. The van der Waals surface area contributed by atoms with Crippen LogP contribution in [0.15, 0.2) is 48.5 Å². The Hall–Kier alpha value is -2.51. The summed E-state index contributed by atoms with van der Waals surface area (Å²) in [6.07, 6.45) is 0. The number of hydrogen-bond donors (Lipinski definition) is 1. The van der Waals surface area contributed by atoms with Crippen molar-refractivity contribution in [2.24, 2.45) is 0 Å². The normalized spacial score (nSPS) is 14.4. The van der Waals surface area contributed by atoms with Gasteiger partial charge in [0.2, 0.25) is 0 Å². The lowest BCUT2D eigenvalue weighted by Gasteiger charge is -2.36. The summed E-state index contributed by atoms with van der Waals surface area (Å²) in [6, 6.07) is 15.5. The van der Waals surface area contributed by atoms with Crippen LogP contribution in [0.3, 0.4) is 0 Å². The molecule has 0 amide bonds. The first kappa shape index (κ1) is 20.2. The predicted octanol–water partition coefficient (Wildman–Crippen LogP) is 3.10. The van der Waals surface area contributed by atoms with E-state index in [-0.39, 0.29) is 0 Å². The Morgan fingerprint density at radius 1 is 0.857 bits per heavy atom. The van der Waals surface area contributed by atoms with Crippen LogP contribution in [0.4, 0.5) is 5.69 Å². The third kappa shape index (κ3) is 5.74. The Bertz CT molecular complexity index is 744. The largest absolute Gasteiger partial charge is 0.497 e. The Balaban J connectivity index is 1.36. The molecule has 0 radical (unpaired) electrons. The summed E-state index contributed by atoms with van der Waals surface area (Å²) in [5.41, 5.74) is 0.973. The minimum absolute atomic E-state index is 0.668. The Morgan fingerprint density at radius 2 is 1.39 bits per heavy atom. The van der Waals surface area contributed by atoms with Gasteiger partial charge in [0.15, 0.2) is 5.11 Å². The first-order valence-corrected chi connectivity index (χ1v) is 9.78. The molecule has 2 aromatic carbocycles. The fourth-order valence-electron chi connectivity index (χ4n) is 3.02. The van der Waals surface area contributed by atoms with Crippen LogP contribution in [0, 0.1) is 0 Å². The predicted molar refractivity (Wildman–Crippen MR) is 116 cm³/mol. The lowest BCUT2D eigenvalue weighted by atomic mass is 10.3. The molecular weight excluding hydrogens is 374 g/mol. The topological polar surface area (TPSA) is 46.2 Å². The van der Waals surface area contributed by atoms with E-state index in [2.05, 4.69) is 15.1 Å². The smallest absolute Gasteiger partial charge is 0.173 e. The summed E-state index contributed by atoms with van der Waals surface area (Å²) >= 11 is 5.56. The molecule has 6 nitrogen and oxygen atoms in total. The molecular formula is C21H27N3O3S. The van der Waals surface area contributed by atoms with E-state index in [0.717, 1.165) is 60.8 Å². The molecule has 0 bridgehead atoms. The Morgan fingerprint density at radius 3 is 1.96 bits per heavy atom. The van der Waals surface area contributed by atoms with E-state index in [1.807, 2.05) is 48.5 Å². The molecule has 0 saturated carbocycles. The van der Waals surface area contributed by atoms with Crippen LogP contribution in [0.5, 0.6) is 17.2 Å². The van der Waals surface area contributed by atoms with Gasteiger partial charge in [-0.1, -0.05) is 0 Å². The number of rotatable bonds is 7. The molecule has 0 atom stereocenters. The Kier molecular flexibility index (Phi) is 7.33. The van der Waals surface area contributed by atoms with Crippen molar-refractivity contribution < 1.29 is 14.2 Å². The zero-order chi connectivity index (χ0) is 19.8. The fourth-order valence-corrected chi connectivity index (χ4v) is 3.32. The molecule has 28 heavy (non-hydrogen) atoms. The van der Waals surface area contributed by atoms with Gasteiger partial charge in [-0.15, -0.1) is 0 Å². The second-order valence-corrected chi connectivity index (χ2v) is 6.90. The first-order chi connectivity index (χ1) is 13.7. The van der Waals surface area contributed by atoms with Crippen LogP contribution in [0.25, 0.3) is 0 Å². The molecule has 0 spiro atoms. The molecule has 1 aliphatic heterocycles. The zero-order valence-corrected chi connectivity index (χ0v) is 17.2. The number of thiocarbonyl (C=S) groups is 1. The molecule has 1 fully saturated rings. The number of anilines is 1. The number of hydrogen-bond acceptors (Lipinski definition) is 5. The molecule has 0 aromatic heterocycles. The molecule has 0 aliphatic carbocycles. The minimum atomic E-state index is 0.668. The summed E-state index contributed by atoms with van der Waals surface area (Å²) in [5, 5.41) is 4.06. The molecule has 3 rings (SSSR count). The van der Waals surface area contributed by atoms with E-state index >= 15 is 0 Å². The van der Waals surface area contributed by atoms with Crippen molar-refractivity contribution in [1.29, 1.82) is 0 Å². The first-order valence-electron chi connectivity index (χ1n) is 9.37. The van der Waals surface area contributed by atoms with Gasteiger partial charge in [0.1, 0.15) is 23.9 Å². The lowest BCUT2D eigenvalue weighted by Crippen LogP contribution is -2.50. The van der Waals surface area contributed by atoms with Crippen LogP contribution in [0.2, 0.25) is 0 Å². The average Bonchev–Trinajstić information content (AvgIpc) is 2.75. The van der Waals surface area contributed by atoms with Crippen LogP contribution in [-0.4, -0.2) is 68.5 Å².